The second-order valence-corrected chi connectivity index (χ2v) is 7.45. The lowest BCUT2D eigenvalue weighted by Gasteiger charge is -2.32. The first-order valence-electron chi connectivity index (χ1n) is 6.17. The van der Waals surface area contributed by atoms with E-state index in [-0.39, 0.29) is 18.3 Å². The summed E-state index contributed by atoms with van der Waals surface area (Å²) in [6, 6.07) is 1.99. The van der Waals surface area contributed by atoms with Crippen LogP contribution in [0.4, 0.5) is 0 Å². The average Bonchev–Trinajstić information content (AvgIpc) is 2.78. The van der Waals surface area contributed by atoms with Gasteiger partial charge < -0.3 is 9.31 Å². The minimum atomic E-state index is -0.363. The van der Waals surface area contributed by atoms with Gasteiger partial charge in [0.15, 0.2) is 0 Å². The lowest BCUT2D eigenvalue weighted by atomic mass is 9.78. The second kappa shape index (κ2) is 5.45. The number of hydrogen-bond donors (Lipinski definition) is 1. The third-order valence-electron chi connectivity index (χ3n) is 3.73. The van der Waals surface area contributed by atoms with E-state index in [9.17, 15) is 0 Å². The number of thiophene rings is 1. The predicted octanol–water partition coefficient (Wildman–Crippen LogP) is 4.35. The third-order valence-corrected chi connectivity index (χ3v) is 5.29. The molecule has 1 aromatic rings. The first-order chi connectivity index (χ1) is 8.77. The Morgan fingerprint density at radius 3 is 2.37 bits per heavy atom. The summed E-state index contributed by atoms with van der Waals surface area (Å²) in [5.74, 6) is 0.572. The highest BCUT2D eigenvalue weighted by Gasteiger charge is 2.52. The quantitative estimate of drug-likeness (QED) is 0.660. The van der Waals surface area contributed by atoms with Gasteiger partial charge in [-0.3, -0.25) is 0 Å². The van der Waals surface area contributed by atoms with Crippen LogP contribution < -0.4 is 0 Å². The molecule has 1 fully saturated rings. The molecule has 1 aliphatic heterocycles. The second-order valence-electron chi connectivity index (χ2n) is 5.62. The van der Waals surface area contributed by atoms with E-state index in [1.54, 1.807) is 0 Å². The largest absolute Gasteiger partial charge is 0.491 e. The molecular formula is C13H18BClO2S2. The average molecular weight is 317 g/mol. The van der Waals surface area contributed by atoms with Gasteiger partial charge in [0.05, 0.1) is 11.2 Å². The van der Waals surface area contributed by atoms with Gasteiger partial charge in [-0.2, -0.15) is 12.6 Å². The van der Waals surface area contributed by atoms with Crippen molar-refractivity contribution in [3.05, 3.63) is 26.8 Å². The molecule has 1 aromatic heterocycles. The van der Waals surface area contributed by atoms with Gasteiger partial charge in [-0.25, -0.2) is 0 Å². The van der Waals surface area contributed by atoms with Crippen LogP contribution in [-0.2, 0) is 9.31 Å². The smallest absolute Gasteiger partial charge is 0.400 e. The Kier molecular flexibility index (Phi) is 4.43. The van der Waals surface area contributed by atoms with Crippen molar-refractivity contribution in [2.75, 3.05) is 5.75 Å². The highest BCUT2D eigenvalue weighted by atomic mass is 35.5. The Labute approximate surface area is 129 Å². The first-order valence-corrected chi connectivity index (χ1v) is 8.06. The monoisotopic (exact) mass is 316 g/mol. The van der Waals surface area contributed by atoms with E-state index < -0.39 is 0 Å². The fraction of sp³-hybridized carbons (Fsp3) is 0.538. The third kappa shape index (κ3) is 3.06. The van der Waals surface area contributed by atoms with Gasteiger partial charge >= 0.3 is 7.12 Å². The van der Waals surface area contributed by atoms with Crippen molar-refractivity contribution < 1.29 is 9.31 Å². The van der Waals surface area contributed by atoms with E-state index in [4.69, 9.17) is 20.9 Å². The molecule has 1 saturated heterocycles. The van der Waals surface area contributed by atoms with E-state index in [1.165, 1.54) is 11.3 Å². The Morgan fingerprint density at radius 1 is 1.37 bits per heavy atom. The van der Waals surface area contributed by atoms with E-state index >= 15 is 0 Å². The van der Waals surface area contributed by atoms with Crippen molar-refractivity contribution in [3.8, 4) is 0 Å². The van der Waals surface area contributed by atoms with Crippen LogP contribution >= 0.6 is 35.6 Å². The molecule has 0 radical (unpaired) electrons. The first kappa shape index (κ1) is 15.5. The van der Waals surface area contributed by atoms with Gasteiger partial charge in [0, 0.05) is 11.3 Å². The molecule has 0 atom stereocenters. The number of thiol groups is 1. The summed E-state index contributed by atoms with van der Waals surface area (Å²) in [7, 11) is -0.363. The van der Waals surface area contributed by atoms with Crippen LogP contribution in [0.25, 0.3) is 6.08 Å². The van der Waals surface area contributed by atoms with Gasteiger partial charge in [0.1, 0.15) is 4.34 Å². The molecule has 1 aliphatic rings. The van der Waals surface area contributed by atoms with Crippen LogP contribution in [0.3, 0.4) is 0 Å². The fourth-order valence-electron chi connectivity index (χ4n) is 1.79. The van der Waals surface area contributed by atoms with Gasteiger partial charge in [0.25, 0.3) is 0 Å². The zero-order valence-electron chi connectivity index (χ0n) is 11.6. The number of hydrogen-bond acceptors (Lipinski definition) is 4. The van der Waals surface area contributed by atoms with Crippen LogP contribution in [-0.4, -0.2) is 24.1 Å². The molecule has 0 unspecified atom stereocenters. The minimum Gasteiger partial charge on any atom is -0.400 e. The summed E-state index contributed by atoms with van der Waals surface area (Å²) in [6.45, 7) is 8.17. The Bertz CT molecular complexity index is 481. The van der Waals surface area contributed by atoms with Gasteiger partial charge in [0.2, 0.25) is 0 Å². The summed E-state index contributed by atoms with van der Waals surface area (Å²) >= 11 is 12.0. The lowest BCUT2D eigenvalue weighted by molar-refractivity contribution is 0.00578. The normalized spacial score (nSPS) is 22.0. The van der Waals surface area contributed by atoms with Crippen LogP contribution in [0.2, 0.25) is 4.34 Å². The molecule has 0 amide bonds. The van der Waals surface area contributed by atoms with Crippen molar-refractivity contribution in [1.82, 2.24) is 0 Å². The van der Waals surface area contributed by atoms with E-state index in [1.807, 2.05) is 45.2 Å². The molecular weight excluding hydrogens is 299 g/mol. The molecule has 0 aromatic carbocycles. The maximum Gasteiger partial charge on any atom is 0.491 e. The summed E-state index contributed by atoms with van der Waals surface area (Å²) in [5, 5.41) is 1.97. The number of rotatable bonds is 3. The van der Waals surface area contributed by atoms with Crippen LogP contribution in [0.15, 0.2) is 16.9 Å². The van der Waals surface area contributed by atoms with Crippen molar-refractivity contribution >= 4 is 48.8 Å². The molecule has 104 valence electrons. The molecule has 19 heavy (non-hydrogen) atoms. The molecule has 0 aliphatic carbocycles. The van der Waals surface area contributed by atoms with Gasteiger partial charge in [-0.05, 0) is 44.6 Å². The maximum atomic E-state index is 6.13. The van der Waals surface area contributed by atoms with Gasteiger partial charge in [-0.1, -0.05) is 17.7 Å². The maximum absolute atomic E-state index is 6.13. The van der Waals surface area contributed by atoms with Crippen LogP contribution in [0, 0.1) is 0 Å². The zero-order chi connectivity index (χ0) is 14.3. The molecule has 0 bridgehead atoms. The lowest BCUT2D eigenvalue weighted by Crippen LogP contribution is -2.41. The van der Waals surface area contributed by atoms with Crippen molar-refractivity contribution in [1.29, 1.82) is 0 Å². The SMILES string of the molecule is CC1(C)OB(C(=Cc2ccsc2Cl)CS)OC1(C)C. The van der Waals surface area contributed by atoms with Crippen molar-refractivity contribution in [2.24, 2.45) is 0 Å². The van der Waals surface area contributed by atoms with Crippen LogP contribution in [0.1, 0.15) is 33.3 Å². The molecule has 0 N–H and O–H groups in total. The molecule has 2 nitrogen and oxygen atoms in total. The summed E-state index contributed by atoms with van der Waals surface area (Å²) in [6.07, 6.45) is 2.01. The van der Waals surface area contributed by atoms with Crippen molar-refractivity contribution in [2.45, 2.75) is 38.9 Å². The highest BCUT2D eigenvalue weighted by Crippen LogP contribution is 2.39. The van der Waals surface area contributed by atoms with Crippen molar-refractivity contribution in [3.63, 3.8) is 0 Å². The summed E-state index contributed by atoms with van der Waals surface area (Å²) in [4.78, 5) is 0. The van der Waals surface area contributed by atoms with Gasteiger partial charge in [-0.15, -0.1) is 11.3 Å². The Hall–Kier alpha value is 0.0649. The van der Waals surface area contributed by atoms with E-state index in [0.717, 1.165) is 15.4 Å². The minimum absolute atomic E-state index is 0.335. The van der Waals surface area contributed by atoms with E-state index in [2.05, 4.69) is 12.6 Å². The zero-order valence-corrected chi connectivity index (χ0v) is 14.0. The summed E-state index contributed by atoms with van der Waals surface area (Å²) in [5.41, 5.74) is 1.31. The Balaban J connectivity index is 2.26. The molecule has 6 heteroatoms. The predicted molar refractivity (Wildman–Crippen MR) is 87.2 cm³/mol. The van der Waals surface area contributed by atoms with Crippen LogP contribution in [0.5, 0.6) is 0 Å². The molecule has 2 heterocycles. The molecule has 0 spiro atoms. The Morgan fingerprint density at radius 2 is 1.95 bits per heavy atom. The molecule has 0 saturated carbocycles. The summed E-state index contributed by atoms with van der Waals surface area (Å²) < 4.78 is 12.8. The topological polar surface area (TPSA) is 18.5 Å². The number of halogens is 1. The molecule has 2 rings (SSSR count). The standard InChI is InChI=1S/C13H18BClO2S2/c1-12(2)13(3,4)17-14(16-12)10(8-18)7-9-5-6-19-11(9)15/h5-7,18H,8H2,1-4H3. The fourth-order valence-corrected chi connectivity index (χ4v) is 2.90. The van der Waals surface area contributed by atoms with E-state index in [0.29, 0.717) is 5.75 Å². The highest BCUT2D eigenvalue weighted by molar-refractivity contribution is 7.80.